The smallest absolute Gasteiger partial charge is 0.234 e. The molecule has 0 saturated carbocycles. The lowest BCUT2D eigenvalue weighted by molar-refractivity contribution is -0.666. The minimum Gasteiger partial charge on any atom is -0.234 e. The molecule has 7 aromatic rings. The Bertz CT molecular complexity index is 2280. The number of aryl methyl sites for hydroxylation is 1. The molecule has 2 nitrogen and oxygen atoms in total. The van der Waals surface area contributed by atoms with Crippen molar-refractivity contribution in [1.29, 1.82) is 0 Å². The van der Waals surface area contributed by atoms with Crippen molar-refractivity contribution in [2.75, 3.05) is 0 Å². The van der Waals surface area contributed by atoms with Crippen LogP contribution in [0.1, 0.15) is 33.5 Å². The molecule has 0 saturated heterocycles. The molecule has 0 amide bonds. The molecule has 46 heavy (non-hydrogen) atoms. The van der Waals surface area contributed by atoms with E-state index < -0.39 is 0 Å². The van der Waals surface area contributed by atoms with Gasteiger partial charge >= 0.3 is 0 Å². The topological polar surface area (TPSA) is 16.8 Å². The number of hydrogen-bond donors (Lipinski definition) is 0. The van der Waals surface area contributed by atoms with Gasteiger partial charge < -0.3 is 0 Å². The fourth-order valence-corrected chi connectivity index (χ4v) is 8.19. The van der Waals surface area contributed by atoms with Crippen molar-refractivity contribution in [2.24, 2.45) is 7.05 Å². The third kappa shape index (κ3) is 3.53. The van der Waals surface area contributed by atoms with Gasteiger partial charge in [0.05, 0.1) is 11.0 Å². The summed E-state index contributed by atoms with van der Waals surface area (Å²) in [7, 11) is 2.18. The van der Waals surface area contributed by atoms with Crippen LogP contribution < -0.4 is 4.57 Å². The maximum absolute atomic E-state index is 5.55. The van der Waals surface area contributed by atoms with Crippen LogP contribution in [0.15, 0.2) is 146 Å². The van der Waals surface area contributed by atoms with E-state index in [0.29, 0.717) is 0 Å². The molecule has 2 heteroatoms. The van der Waals surface area contributed by atoms with Crippen LogP contribution in [0.5, 0.6) is 0 Å². The molecule has 1 heterocycles. The summed E-state index contributed by atoms with van der Waals surface area (Å²) in [6.45, 7) is 4.39. The summed E-state index contributed by atoms with van der Waals surface area (Å²) in [5.41, 5.74) is 19.2. The van der Waals surface area contributed by atoms with Crippen LogP contribution in [0.4, 0.5) is 0 Å². The third-order valence-electron chi connectivity index (χ3n) is 10.3. The first-order chi connectivity index (χ1) is 22.6. The van der Waals surface area contributed by atoms with E-state index >= 15 is 0 Å². The highest BCUT2D eigenvalue weighted by atomic mass is 15.0. The Kier molecular flexibility index (Phi) is 5.79. The maximum Gasteiger partial charge on any atom is 0.239 e. The second-order valence-electron chi connectivity index (χ2n) is 12.6. The second kappa shape index (κ2) is 9.95. The van der Waals surface area contributed by atoms with Crippen LogP contribution in [-0.4, -0.2) is 4.98 Å². The molecule has 0 atom stereocenters. The van der Waals surface area contributed by atoms with Gasteiger partial charge in [0.1, 0.15) is 18.4 Å². The van der Waals surface area contributed by atoms with Gasteiger partial charge in [-0.15, -0.1) is 0 Å². The summed E-state index contributed by atoms with van der Waals surface area (Å²) in [5.74, 6) is 0. The first-order valence-electron chi connectivity index (χ1n) is 16.0. The van der Waals surface area contributed by atoms with Crippen LogP contribution >= 0.6 is 0 Å². The Balaban J connectivity index is 1.34. The quantitative estimate of drug-likeness (QED) is 0.187. The van der Waals surface area contributed by atoms with Crippen molar-refractivity contribution < 1.29 is 4.57 Å². The predicted molar refractivity (Wildman–Crippen MR) is 187 cm³/mol. The predicted octanol–water partition coefficient (Wildman–Crippen LogP) is 9.87. The van der Waals surface area contributed by atoms with Crippen LogP contribution in [0.3, 0.4) is 0 Å². The number of fused-ring (bicyclic) bond motifs is 10. The lowest BCUT2D eigenvalue weighted by Crippen LogP contribution is -2.37. The summed E-state index contributed by atoms with van der Waals surface area (Å²) in [4.78, 5) is 5.55. The molecule has 0 radical (unpaired) electrons. The molecule has 0 bridgehead atoms. The lowest BCUT2D eigenvalue weighted by atomic mass is 9.70. The lowest BCUT2D eigenvalue weighted by Gasteiger charge is -2.30. The number of benzene rings is 6. The largest absolute Gasteiger partial charge is 0.239 e. The Morgan fingerprint density at radius 1 is 0.457 bits per heavy atom. The summed E-state index contributed by atoms with van der Waals surface area (Å²) in [6.07, 6.45) is 0. The minimum atomic E-state index is -0.380. The Morgan fingerprint density at radius 2 is 0.957 bits per heavy atom. The fraction of sp³-hybridized carbons (Fsp3) is 0.0909. The molecule has 1 aromatic heterocycles. The fourth-order valence-electron chi connectivity index (χ4n) is 8.19. The van der Waals surface area contributed by atoms with Gasteiger partial charge in [-0.25, -0.2) is 4.98 Å². The molecule has 218 valence electrons. The van der Waals surface area contributed by atoms with E-state index in [-0.39, 0.29) is 5.41 Å². The molecule has 0 aliphatic heterocycles. The van der Waals surface area contributed by atoms with Gasteiger partial charge in [-0.2, -0.15) is 4.57 Å². The van der Waals surface area contributed by atoms with Gasteiger partial charge in [0, 0.05) is 18.1 Å². The van der Waals surface area contributed by atoms with Crippen molar-refractivity contribution >= 4 is 0 Å². The van der Waals surface area contributed by atoms with Gasteiger partial charge in [-0.3, -0.25) is 0 Å². The maximum atomic E-state index is 5.55. The van der Waals surface area contributed by atoms with E-state index in [1.165, 1.54) is 55.6 Å². The Labute approximate surface area is 270 Å². The number of nitrogens with zero attached hydrogens (tertiary/aromatic N) is 2. The molecule has 0 unspecified atom stereocenters. The highest BCUT2D eigenvalue weighted by Gasteiger charge is 2.51. The molecule has 2 aliphatic carbocycles. The van der Waals surface area contributed by atoms with Crippen LogP contribution in [-0.2, 0) is 12.5 Å². The first-order valence-corrected chi connectivity index (χ1v) is 16.0. The average molecular weight is 590 g/mol. The monoisotopic (exact) mass is 589 g/mol. The van der Waals surface area contributed by atoms with Crippen LogP contribution in [0, 0.1) is 13.8 Å². The van der Waals surface area contributed by atoms with Crippen molar-refractivity contribution in [3.63, 3.8) is 0 Å². The van der Waals surface area contributed by atoms with Crippen LogP contribution in [0.2, 0.25) is 0 Å². The number of hydrogen-bond acceptors (Lipinski definition) is 1. The van der Waals surface area contributed by atoms with E-state index in [4.69, 9.17) is 4.98 Å². The van der Waals surface area contributed by atoms with Crippen molar-refractivity contribution in [1.82, 2.24) is 4.98 Å². The molecule has 2 aliphatic rings. The van der Waals surface area contributed by atoms with Gasteiger partial charge in [-0.05, 0) is 69.1 Å². The highest BCUT2D eigenvalue weighted by Crippen LogP contribution is 2.63. The zero-order valence-corrected chi connectivity index (χ0v) is 26.3. The van der Waals surface area contributed by atoms with Gasteiger partial charge in [0.2, 0.25) is 11.4 Å². The highest BCUT2D eigenvalue weighted by molar-refractivity contribution is 5.96. The summed E-state index contributed by atoms with van der Waals surface area (Å²) in [5, 5.41) is 0. The van der Waals surface area contributed by atoms with Crippen molar-refractivity contribution in [2.45, 2.75) is 19.3 Å². The van der Waals surface area contributed by atoms with Crippen molar-refractivity contribution in [3.05, 3.63) is 179 Å². The van der Waals surface area contributed by atoms with Gasteiger partial charge in [0.25, 0.3) is 0 Å². The molecular formula is C44H33N2+. The first kappa shape index (κ1) is 26.8. The summed E-state index contributed by atoms with van der Waals surface area (Å²) >= 11 is 0. The Hall–Kier alpha value is -5.60. The normalized spacial score (nSPS) is 13.3. The summed E-state index contributed by atoms with van der Waals surface area (Å²) in [6, 6.07) is 53.2. The van der Waals surface area contributed by atoms with E-state index in [9.17, 15) is 0 Å². The average Bonchev–Trinajstić information content (AvgIpc) is 3.57. The zero-order valence-electron chi connectivity index (χ0n) is 26.3. The zero-order chi connectivity index (χ0) is 31.0. The second-order valence-corrected chi connectivity index (χ2v) is 12.6. The third-order valence-corrected chi connectivity index (χ3v) is 10.3. The SMILES string of the molecule is Cc1ccccc1-c1c(-c2ccccc2)nc(-c2ccc3c(c2)C2(c4ccccc4-c4ccccc42)c2ccccc2-3)c(C)[n+]1C. The molecular weight excluding hydrogens is 556 g/mol. The van der Waals surface area contributed by atoms with Crippen molar-refractivity contribution in [3.8, 4) is 56.0 Å². The van der Waals surface area contributed by atoms with Gasteiger partial charge in [-0.1, -0.05) is 133 Å². The van der Waals surface area contributed by atoms with E-state index in [1.54, 1.807) is 0 Å². The Morgan fingerprint density at radius 3 is 1.54 bits per heavy atom. The van der Waals surface area contributed by atoms with E-state index in [1.807, 2.05) is 0 Å². The van der Waals surface area contributed by atoms with Gasteiger partial charge in [0.15, 0.2) is 0 Å². The van der Waals surface area contributed by atoms with E-state index in [0.717, 1.165) is 33.9 Å². The van der Waals surface area contributed by atoms with E-state index in [2.05, 4.69) is 171 Å². The molecule has 0 fully saturated rings. The summed E-state index contributed by atoms with van der Waals surface area (Å²) < 4.78 is 2.34. The molecule has 0 N–H and O–H groups in total. The van der Waals surface area contributed by atoms with Crippen LogP contribution in [0.25, 0.3) is 56.0 Å². The minimum absolute atomic E-state index is 0.380. The standard InChI is InChI=1S/C44H33N2/c1-28-15-7-8-18-32(28)43-42(30-16-5-4-6-17-30)45-41(29(2)46(43)3)31-25-26-36-35-21-11-14-24-39(35)44(40(36)27-31)37-22-12-9-19-33(37)34-20-10-13-23-38(34)44/h4-27H,1-3H3/q+1. The number of rotatable bonds is 3. The molecule has 6 aromatic carbocycles. The molecule has 9 rings (SSSR count). The number of aromatic nitrogens is 2. The molecule has 1 spiro atoms.